The number of allylic oxidation sites excluding steroid dienone is 2. The summed E-state index contributed by atoms with van der Waals surface area (Å²) in [6.45, 7) is 0.699. The molecule has 2 aliphatic rings. The number of fused-ring (bicyclic) bond motifs is 1. The highest BCUT2D eigenvalue weighted by Crippen LogP contribution is 2.42. The number of ether oxygens (including phenoxy) is 1. The van der Waals surface area contributed by atoms with Crippen LogP contribution in [0.5, 0.6) is 0 Å². The normalized spacial score (nSPS) is 29.8. The third-order valence-electron chi connectivity index (χ3n) is 3.67. The first-order valence-electron chi connectivity index (χ1n) is 6.03. The van der Waals surface area contributed by atoms with Gasteiger partial charge in [0.2, 0.25) is 0 Å². The van der Waals surface area contributed by atoms with Gasteiger partial charge < -0.3 is 4.74 Å². The molecule has 0 atom stereocenters. The molecule has 1 aromatic carbocycles. The van der Waals surface area contributed by atoms with Crippen LogP contribution in [0.2, 0.25) is 0 Å². The highest BCUT2D eigenvalue weighted by atomic mass is 127. The monoisotopic (exact) mass is 338 g/mol. The van der Waals surface area contributed by atoms with Gasteiger partial charge in [0.25, 0.3) is 0 Å². The summed E-state index contributed by atoms with van der Waals surface area (Å²) in [5, 5.41) is 0. The molecule has 1 nitrogen and oxygen atoms in total. The summed E-state index contributed by atoms with van der Waals surface area (Å²) < 4.78 is 7.48. The second-order valence-corrected chi connectivity index (χ2v) is 5.87. The Kier molecular flexibility index (Phi) is 3.09. The Morgan fingerprint density at radius 1 is 1.18 bits per heavy atom. The molecule has 0 bridgehead atoms. The third kappa shape index (κ3) is 2.08. The van der Waals surface area contributed by atoms with E-state index in [9.17, 15) is 0 Å². The summed E-state index contributed by atoms with van der Waals surface area (Å²) in [6.07, 6.45) is 11.3. The van der Waals surface area contributed by atoms with Gasteiger partial charge in [-0.2, -0.15) is 0 Å². The zero-order valence-corrected chi connectivity index (χ0v) is 11.8. The van der Waals surface area contributed by atoms with Crippen molar-refractivity contribution in [3.05, 3.63) is 57.7 Å². The predicted molar refractivity (Wildman–Crippen MR) is 77.7 cm³/mol. The van der Waals surface area contributed by atoms with Gasteiger partial charge in [-0.15, -0.1) is 0 Å². The molecule has 0 amide bonds. The Morgan fingerprint density at radius 3 is 2.59 bits per heavy atom. The first-order valence-corrected chi connectivity index (χ1v) is 7.11. The van der Waals surface area contributed by atoms with E-state index < -0.39 is 0 Å². The molecule has 0 heterocycles. The topological polar surface area (TPSA) is 9.23 Å². The summed E-state index contributed by atoms with van der Waals surface area (Å²) >= 11 is 2.37. The smallest absolute Gasteiger partial charge is 0.108 e. The van der Waals surface area contributed by atoms with Crippen LogP contribution in [0.1, 0.15) is 18.4 Å². The molecule has 2 heteroatoms. The van der Waals surface area contributed by atoms with E-state index in [1.54, 1.807) is 0 Å². The minimum absolute atomic E-state index is 0.112. The maximum atomic E-state index is 6.20. The largest absolute Gasteiger partial charge is 0.362 e. The van der Waals surface area contributed by atoms with Gasteiger partial charge in [0, 0.05) is 9.49 Å². The lowest BCUT2D eigenvalue weighted by Gasteiger charge is -2.27. The molecule has 0 radical (unpaired) electrons. The van der Waals surface area contributed by atoms with Crippen LogP contribution >= 0.6 is 22.6 Å². The highest BCUT2D eigenvalue weighted by molar-refractivity contribution is 14.1. The van der Waals surface area contributed by atoms with E-state index >= 15 is 0 Å². The van der Waals surface area contributed by atoms with Crippen molar-refractivity contribution in [1.82, 2.24) is 0 Å². The van der Waals surface area contributed by atoms with Crippen molar-refractivity contribution in [2.45, 2.75) is 25.0 Å². The van der Waals surface area contributed by atoms with Crippen molar-refractivity contribution in [1.29, 1.82) is 0 Å². The Hall–Kier alpha value is -0.610. The molecule has 0 aromatic heterocycles. The van der Waals surface area contributed by atoms with Crippen LogP contribution in [-0.4, -0.2) is 5.60 Å². The van der Waals surface area contributed by atoms with Crippen LogP contribution in [0.25, 0.3) is 0 Å². The lowest BCUT2D eigenvalue weighted by Crippen LogP contribution is -2.30. The first-order chi connectivity index (χ1) is 8.30. The fourth-order valence-electron chi connectivity index (χ4n) is 2.66. The van der Waals surface area contributed by atoms with Crippen LogP contribution in [-0.2, 0) is 11.3 Å². The van der Waals surface area contributed by atoms with E-state index in [1.807, 2.05) is 0 Å². The van der Waals surface area contributed by atoms with Gasteiger partial charge in [-0.25, -0.2) is 0 Å². The molecular formula is C15H15IO. The van der Waals surface area contributed by atoms with E-state index in [4.69, 9.17) is 4.74 Å². The highest BCUT2D eigenvalue weighted by Gasteiger charge is 2.40. The lowest BCUT2D eigenvalue weighted by atomic mass is 9.94. The maximum Gasteiger partial charge on any atom is 0.108 e. The van der Waals surface area contributed by atoms with Crippen molar-refractivity contribution in [3.63, 3.8) is 0 Å². The molecule has 0 spiro atoms. The van der Waals surface area contributed by atoms with Crippen LogP contribution in [0.15, 0.2) is 48.6 Å². The van der Waals surface area contributed by atoms with E-state index in [0.29, 0.717) is 12.5 Å². The predicted octanol–water partition coefficient (Wildman–Crippen LogP) is 4.08. The van der Waals surface area contributed by atoms with Crippen molar-refractivity contribution in [3.8, 4) is 0 Å². The summed E-state index contributed by atoms with van der Waals surface area (Å²) in [5.74, 6) is 0.629. The second-order valence-electron chi connectivity index (χ2n) is 4.71. The van der Waals surface area contributed by atoms with E-state index in [2.05, 4.69) is 71.2 Å². The van der Waals surface area contributed by atoms with Crippen LogP contribution in [0.3, 0.4) is 0 Å². The average molecular weight is 338 g/mol. The maximum absolute atomic E-state index is 6.20. The van der Waals surface area contributed by atoms with Gasteiger partial charge in [-0.3, -0.25) is 0 Å². The Morgan fingerprint density at radius 2 is 1.88 bits per heavy atom. The summed E-state index contributed by atoms with van der Waals surface area (Å²) in [7, 11) is 0. The van der Waals surface area contributed by atoms with Gasteiger partial charge in [0.1, 0.15) is 5.60 Å². The quantitative estimate of drug-likeness (QED) is 0.596. The molecule has 88 valence electrons. The number of halogens is 1. The van der Waals surface area contributed by atoms with E-state index in [1.165, 1.54) is 9.13 Å². The van der Waals surface area contributed by atoms with E-state index in [0.717, 1.165) is 12.8 Å². The van der Waals surface area contributed by atoms with Gasteiger partial charge in [0.05, 0.1) is 6.61 Å². The number of rotatable bonds is 3. The zero-order chi connectivity index (χ0) is 11.7. The second kappa shape index (κ2) is 4.58. The fourth-order valence-corrected chi connectivity index (χ4v) is 3.20. The Balaban J connectivity index is 1.74. The minimum atomic E-state index is -0.112. The van der Waals surface area contributed by atoms with Crippen molar-refractivity contribution >= 4 is 22.6 Å². The molecule has 0 aliphatic heterocycles. The number of hydrogen-bond donors (Lipinski definition) is 0. The molecule has 0 N–H and O–H groups in total. The summed E-state index contributed by atoms with van der Waals surface area (Å²) in [6, 6.07) is 8.41. The van der Waals surface area contributed by atoms with Gasteiger partial charge in [-0.05, 0) is 47.1 Å². The molecule has 17 heavy (non-hydrogen) atoms. The van der Waals surface area contributed by atoms with Gasteiger partial charge in [-0.1, -0.05) is 42.5 Å². The van der Waals surface area contributed by atoms with Crippen LogP contribution in [0, 0.1) is 9.49 Å². The first kappa shape index (κ1) is 11.5. The van der Waals surface area contributed by atoms with Crippen LogP contribution < -0.4 is 0 Å². The molecule has 2 aliphatic carbocycles. The lowest BCUT2D eigenvalue weighted by molar-refractivity contribution is -0.0113. The van der Waals surface area contributed by atoms with Gasteiger partial charge in [0.15, 0.2) is 0 Å². The van der Waals surface area contributed by atoms with Crippen molar-refractivity contribution in [2.75, 3.05) is 0 Å². The molecule has 0 saturated heterocycles. The molecule has 3 rings (SSSR count). The standard InChI is InChI=1S/C15H15IO/c16-14-8-2-1-5-12(14)11-17-15-9-3-6-13(15)7-4-10-15/h1-5,8-10,13H,6-7,11H2. The average Bonchev–Trinajstić information content (AvgIpc) is 2.87. The SMILES string of the molecule is Ic1ccccc1COC12C=CCC1CC=C2. The minimum Gasteiger partial charge on any atom is -0.362 e. The van der Waals surface area contributed by atoms with Crippen molar-refractivity contribution < 1.29 is 4.74 Å². The number of hydrogen-bond acceptors (Lipinski definition) is 1. The zero-order valence-electron chi connectivity index (χ0n) is 9.60. The third-order valence-corrected chi connectivity index (χ3v) is 4.72. The number of benzene rings is 1. The Labute approximate surface area is 116 Å². The molecule has 0 saturated carbocycles. The summed E-state index contributed by atoms with van der Waals surface area (Å²) in [5.41, 5.74) is 1.17. The molecule has 0 unspecified atom stereocenters. The van der Waals surface area contributed by atoms with E-state index in [-0.39, 0.29) is 5.60 Å². The van der Waals surface area contributed by atoms with Gasteiger partial charge >= 0.3 is 0 Å². The molecular weight excluding hydrogens is 323 g/mol. The fraction of sp³-hybridized carbons (Fsp3) is 0.333. The van der Waals surface area contributed by atoms with Crippen LogP contribution in [0.4, 0.5) is 0 Å². The van der Waals surface area contributed by atoms with Crippen molar-refractivity contribution in [2.24, 2.45) is 5.92 Å². The summed E-state index contributed by atoms with van der Waals surface area (Å²) in [4.78, 5) is 0. The molecule has 0 fully saturated rings. The molecule has 1 aromatic rings. The Bertz CT molecular complexity index is 460.